The summed E-state index contributed by atoms with van der Waals surface area (Å²) in [6.07, 6.45) is 0. The van der Waals surface area contributed by atoms with Crippen molar-refractivity contribution < 1.29 is 30.7 Å². The number of halogens is 4. The van der Waals surface area contributed by atoms with Gasteiger partial charge < -0.3 is 4.55 Å². The molecule has 0 aliphatic heterocycles. The molecule has 0 saturated carbocycles. The summed E-state index contributed by atoms with van der Waals surface area (Å²) in [6.45, 7) is 2.11. The zero-order valence-electron chi connectivity index (χ0n) is 11.0. The first-order valence-corrected chi connectivity index (χ1v) is 7.70. The standard InChI is InChI=1S/C11H11BrN.CHF3O3S/c1-8-3-4-9-7-10(12)5-6-11(9)13(8)2;2-1(3,4)8(5,6)7/h3-7H,1-2H3;(H,5,6,7)/q+1;/p-1. The number of hydrogen-bond donors (Lipinski definition) is 0. The number of alkyl halides is 3. The second kappa shape index (κ2) is 6.29. The van der Waals surface area contributed by atoms with Gasteiger partial charge in [0.2, 0.25) is 5.52 Å². The first kappa shape index (κ1) is 17.9. The molecule has 9 heteroatoms. The van der Waals surface area contributed by atoms with E-state index in [1.165, 1.54) is 16.6 Å². The lowest BCUT2D eigenvalue weighted by atomic mass is 10.2. The summed E-state index contributed by atoms with van der Waals surface area (Å²) in [5.74, 6) is 0. The molecule has 0 aliphatic carbocycles. The molecular weight excluding hydrogens is 375 g/mol. The van der Waals surface area contributed by atoms with E-state index >= 15 is 0 Å². The van der Waals surface area contributed by atoms with Gasteiger partial charge >= 0.3 is 5.51 Å². The minimum Gasteiger partial charge on any atom is -0.741 e. The number of pyridine rings is 1. The molecule has 0 bridgehead atoms. The SMILES string of the molecule is Cc1ccc2cc(Br)ccc2[n+]1C.O=S(=O)([O-])C(F)(F)F. The van der Waals surface area contributed by atoms with Crippen molar-refractivity contribution in [2.75, 3.05) is 0 Å². The van der Waals surface area contributed by atoms with E-state index in [1.807, 2.05) is 0 Å². The van der Waals surface area contributed by atoms with Crippen LogP contribution in [0.4, 0.5) is 13.2 Å². The van der Waals surface area contributed by atoms with E-state index in [1.54, 1.807) is 0 Å². The van der Waals surface area contributed by atoms with Gasteiger partial charge in [0.1, 0.15) is 7.05 Å². The minimum absolute atomic E-state index is 1.13. The predicted octanol–water partition coefficient (Wildman–Crippen LogP) is 2.79. The Morgan fingerprint density at radius 2 is 1.71 bits per heavy atom. The van der Waals surface area contributed by atoms with Gasteiger partial charge in [-0.25, -0.2) is 8.42 Å². The van der Waals surface area contributed by atoms with Crippen LogP contribution in [0.2, 0.25) is 0 Å². The van der Waals surface area contributed by atoms with Crippen LogP contribution in [0.1, 0.15) is 5.69 Å². The molecule has 0 spiro atoms. The van der Waals surface area contributed by atoms with Crippen molar-refractivity contribution in [3.63, 3.8) is 0 Å². The van der Waals surface area contributed by atoms with Crippen molar-refractivity contribution >= 4 is 37.0 Å². The fourth-order valence-electron chi connectivity index (χ4n) is 1.48. The Kier molecular flexibility index (Phi) is 5.35. The van der Waals surface area contributed by atoms with E-state index in [0.29, 0.717) is 0 Å². The molecule has 1 heterocycles. The number of fused-ring (bicyclic) bond motifs is 1. The fourth-order valence-corrected chi connectivity index (χ4v) is 1.86. The van der Waals surface area contributed by atoms with Crippen LogP contribution in [0.15, 0.2) is 34.8 Å². The molecule has 0 atom stereocenters. The highest BCUT2D eigenvalue weighted by Gasteiger charge is 2.36. The molecule has 0 fully saturated rings. The van der Waals surface area contributed by atoms with E-state index < -0.39 is 15.6 Å². The Hall–Kier alpha value is -1.19. The van der Waals surface area contributed by atoms with Gasteiger partial charge in [-0.3, -0.25) is 0 Å². The first-order valence-electron chi connectivity index (χ1n) is 5.50. The topological polar surface area (TPSA) is 61.1 Å². The van der Waals surface area contributed by atoms with E-state index in [9.17, 15) is 13.2 Å². The monoisotopic (exact) mass is 385 g/mol. The van der Waals surface area contributed by atoms with Gasteiger partial charge in [-0.05, 0) is 18.2 Å². The van der Waals surface area contributed by atoms with Crippen LogP contribution in [0, 0.1) is 6.92 Å². The maximum Gasteiger partial charge on any atom is 0.485 e. The number of hydrogen-bond acceptors (Lipinski definition) is 3. The third-order valence-electron chi connectivity index (χ3n) is 2.67. The number of nitrogens with zero attached hydrogens (tertiary/aromatic N) is 1. The lowest BCUT2D eigenvalue weighted by Gasteiger charge is -2.08. The summed E-state index contributed by atoms with van der Waals surface area (Å²) in [5.41, 5.74) is -3.11. The molecule has 4 nitrogen and oxygen atoms in total. The summed E-state index contributed by atoms with van der Waals surface area (Å²) in [6, 6.07) is 10.6. The molecule has 1 aromatic carbocycles. The second-order valence-corrected chi connectivity index (χ2v) is 6.42. The molecule has 116 valence electrons. The molecule has 0 radical (unpaired) electrons. The van der Waals surface area contributed by atoms with Crippen LogP contribution < -0.4 is 4.57 Å². The Morgan fingerprint density at radius 1 is 1.19 bits per heavy atom. The van der Waals surface area contributed by atoms with Gasteiger partial charge in [0.25, 0.3) is 0 Å². The summed E-state index contributed by atoms with van der Waals surface area (Å²) in [5, 5.41) is 1.27. The minimum atomic E-state index is -6.09. The first-order chi connectivity index (χ1) is 9.43. The van der Waals surface area contributed by atoms with Gasteiger partial charge in [0, 0.05) is 28.9 Å². The molecule has 0 aliphatic rings. The average Bonchev–Trinajstić information content (AvgIpc) is 2.32. The Balaban J connectivity index is 0.000000240. The van der Waals surface area contributed by atoms with Crippen molar-refractivity contribution in [2.45, 2.75) is 12.4 Å². The highest BCUT2D eigenvalue weighted by molar-refractivity contribution is 9.10. The third-order valence-corrected chi connectivity index (χ3v) is 3.73. The Bertz CT molecular complexity index is 760. The summed E-state index contributed by atoms with van der Waals surface area (Å²) >= 11 is 3.47. The van der Waals surface area contributed by atoms with E-state index in [-0.39, 0.29) is 0 Å². The third kappa shape index (κ3) is 4.65. The van der Waals surface area contributed by atoms with Crippen molar-refractivity contribution in [2.24, 2.45) is 7.05 Å². The molecule has 0 saturated heterocycles. The summed E-state index contributed by atoms with van der Waals surface area (Å²) in [7, 11) is -4.00. The van der Waals surface area contributed by atoms with Crippen LogP contribution in [-0.4, -0.2) is 18.5 Å². The van der Waals surface area contributed by atoms with E-state index in [2.05, 4.69) is 64.8 Å². The van der Waals surface area contributed by atoms with E-state index in [4.69, 9.17) is 13.0 Å². The number of aryl methyl sites for hydroxylation is 2. The quantitative estimate of drug-likeness (QED) is 0.398. The number of benzene rings is 1. The van der Waals surface area contributed by atoms with Gasteiger partial charge in [0.05, 0.1) is 0 Å². The molecule has 0 N–H and O–H groups in total. The fraction of sp³-hybridized carbons (Fsp3) is 0.250. The molecule has 21 heavy (non-hydrogen) atoms. The molecule has 2 rings (SSSR count). The van der Waals surface area contributed by atoms with Gasteiger partial charge in [-0.2, -0.15) is 17.7 Å². The maximum absolute atomic E-state index is 10.7. The molecule has 1 aromatic heterocycles. The largest absolute Gasteiger partial charge is 0.741 e. The van der Waals surface area contributed by atoms with Crippen molar-refractivity contribution in [3.05, 3.63) is 40.5 Å². The summed E-state index contributed by atoms with van der Waals surface area (Å²) < 4.78 is 62.2. The van der Waals surface area contributed by atoms with Gasteiger partial charge in [0.15, 0.2) is 15.8 Å². The van der Waals surface area contributed by atoms with Gasteiger partial charge in [-0.15, -0.1) is 0 Å². The highest BCUT2D eigenvalue weighted by Crippen LogP contribution is 2.20. The lowest BCUT2D eigenvalue weighted by Crippen LogP contribution is -2.32. The Labute approximate surface area is 128 Å². The van der Waals surface area contributed by atoms with Crippen LogP contribution in [-0.2, 0) is 17.2 Å². The lowest BCUT2D eigenvalue weighted by molar-refractivity contribution is -0.651. The molecular formula is C12H11BrF3NO3S. The Morgan fingerprint density at radius 3 is 2.19 bits per heavy atom. The summed E-state index contributed by atoms with van der Waals surface area (Å²) in [4.78, 5) is 0. The highest BCUT2D eigenvalue weighted by atomic mass is 79.9. The number of rotatable bonds is 0. The van der Waals surface area contributed by atoms with E-state index in [0.717, 1.165) is 4.47 Å². The maximum atomic E-state index is 10.7. The smallest absolute Gasteiger partial charge is 0.485 e. The molecule has 2 aromatic rings. The van der Waals surface area contributed by atoms with Gasteiger partial charge in [-0.1, -0.05) is 15.9 Å². The molecule has 0 unspecified atom stereocenters. The van der Waals surface area contributed by atoms with Crippen molar-refractivity contribution in [1.29, 1.82) is 0 Å². The zero-order valence-corrected chi connectivity index (χ0v) is 13.4. The average molecular weight is 386 g/mol. The van der Waals surface area contributed by atoms with Crippen molar-refractivity contribution in [3.8, 4) is 0 Å². The van der Waals surface area contributed by atoms with Crippen LogP contribution in [0.5, 0.6) is 0 Å². The number of aromatic nitrogens is 1. The zero-order chi connectivity index (χ0) is 16.4. The predicted molar refractivity (Wildman–Crippen MR) is 73.3 cm³/mol. The molecule has 0 amide bonds. The second-order valence-electron chi connectivity index (χ2n) is 4.14. The normalized spacial score (nSPS) is 12.0. The van der Waals surface area contributed by atoms with Crippen molar-refractivity contribution in [1.82, 2.24) is 0 Å². The van der Waals surface area contributed by atoms with Crippen LogP contribution >= 0.6 is 15.9 Å². The van der Waals surface area contributed by atoms with Crippen LogP contribution in [0.25, 0.3) is 10.9 Å². The van der Waals surface area contributed by atoms with Crippen LogP contribution in [0.3, 0.4) is 0 Å².